The number of rotatable bonds is 4. The summed E-state index contributed by atoms with van der Waals surface area (Å²) in [5.74, 6) is -2.00. The average Bonchev–Trinajstić information content (AvgIpc) is 1.82. The summed E-state index contributed by atoms with van der Waals surface area (Å²) >= 11 is 0. The van der Waals surface area contributed by atoms with E-state index in [1.54, 1.807) is 0 Å². The number of unbranched alkanes of at least 4 members (excludes halogenated alkanes) is 1. The third-order valence-corrected chi connectivity index (χ3v) is 0.996. The lowest BCUT2D eigenvalue weighted by atomic mass is 10.2. The van der Waals surface area contributed by atoms with Crippen LogP contribution >= 0.6 is 0 Å². The molecule has 0 radical (unpaired) electrons. The molecule has 60 valence electrons. The van der Waals surface area contributed by atoms with E-state index in [1.807, 2.05) is 6.92 Å². The molecular formula is C6H12O4. The van der Waals surface area contributed by atoms with Crippen LogP contribution in [0.3, 0.4) is 0 Å². The third kappa shape index (κ3) is 5.24. The van der Waals surface area contributed by atoms with Gasteiger partial charge in [0.05, 0.1) is 0 Å². The Balaban J connectivity index is 0. The maximum atomic E-state index is 10.3. The number of Topliss-reactive ketones (excluding diaryl/α,β-unsaturated/α-hetero) is 1. The van der Waals surface area contributed by atoms with Gasteiger partial charge in [0.1, 0.15) is 0 Å². The molecule has 0 atom stereocenters. The van der Waals surface area contributed by atoms with E-state index in [9.17, 15) is 9.59 Å². The Labute approximate surface area is 59.2 Å². The normalized spacial score (nSPS) is 8.10. The van der Waals surface area contributed by atoms with Crippen molar-refractivity contribution in [2.24, 2.45) is 0 Å². The number of carbonyl (C=O) groups excluding carboxylic acids is 1. The fourth-order valence-corrected chi connectivity index (χ4v) is 0.444. The molecule has 0 rings (SSSR count). The highest BCUT2D eigenvalue weighted by atomic mass is 16.4. The zero-order chi connectivity index (χ0) is 7.28. The molecule has 0 amide bonds. The topological polar surface area (TPSA) is 85.9 Å². The number of carboxylic acid groups (broad SMARTS) is 1. The van der Waals surface area contributed by atoms with E-state index in [-0.39, 0.29) is 11.9 Å². The predicted molar refractivity (Wildman–Crippen MR) is 35.8 cm³/mol. The van der Waals surface area contributed by atoms with Crippen molar-refractivity contribution >= 4 is 11.8 Å². The Morgan fingerprint density at radius 3 is 2.20 bits per heavy atom. The van der Waals surface area contributed by atoms with Crippen LogP contribution < -0.4 is 0 Å². The van der Waals surface area contributed by atoms with E-state index in [2.05, 4.69) is 0 Å². The van der Waals surface area contributed by atoms with Crippen molar-refractivity contribution in [1.29, 1.82) is 0 Å². The lowest BCUT2D eigenvalue weighted by Crippen LogP contribution is -2.11. The highest BCUT2D eigenvalue weighted by Gasteiger charge is 2.08. The van der Waals surface area contributed by atoms with Gasteiger partial charge in [0.15, 0.2) is 0 Å². The van der Waals surface area contributed by atoms with Crippen LogP contribution in [0.4, 0.5) is 0 Å². The summed E-state index contributed by atoms with van der Waals surface area (Å²) in [6, 6.07) is 0. The quantitative estimate of drug-likeness (QED) is 0.569. The second-order valence-corrected chi connectivity index (χ2v) is 1.83. The lowest BCUT2D eigenvalue weighted by Gasteiger charge is -1.89. The molecule has 4 heteroatoms. The Morgan fingerprint density at radius 1 is 1.40 bits per heavy atom. The third-order valence-electron chi connectivity index (χ3n) is 0.996. The van der Waals surface area contributed by atoms with Gasteiger partial charge >= 0.3 is 5.97 Å². The number of hydrogen-bond acceptors (Lipinski definition) is 2. The molecule has 0 aromatic rings. The molecule has 0 spiro atoms. The Bertz CT molecular complexity index is 119. The molecule has 0 saturated heterocycles. The molecule has 0 heterocycles. The first-order valence-electron chi connectivity index (χ1n) is 2.94. The van der Waals surface area contributed by atoms with Crippen molar-refractivity contribution in [2.45, 2.75) is 26.2 Å². The minimum atomic E-state index is -1.32. The average molecular weight is 148 g/mol. The second-order valence-electron chi connectivity index (χ2n) is 1.83. The van der Waals surface area contributed by atoms with Gasteiger partial charge in [-0.1, -0.05) is 13.3 Å². The summed E-state index contributed by atoms with van der Waals surface area (Å²) < 4.78 is 0. The Hall–Kier alpha value is -0.900. The number of carbonyl (C=O) groups is 2. The van der Waals surface area contributed by atoms with E-state index in [1.165, 1.54) is 0 Å². The number of ketones is 1. The Kier molecular flexibility index (Phi) is 7.37. The van der Waals surface area contributed by atoms with Gasteiger partial charge < -0.3 is 10.6 Å². The van der Waals surface area contributed by atoms with Crippen LogP contribution in [-0.2, 0) is 9.59 Å². The zero-order valence-electron chi connectivity index (χ0n) is 5.89. The number of hydrogen-bond donors (Lipinski definition) is 1. The summed E-state index contributed by atoms with van der Waals surface area (Å²) in [6.45, 7) is 1.91. The van der Waals surface area contributed by atoms with Crippen LogP contribution in [0.5, 0.6) is 0 Å². The van der Waals surface area contributed by atoms with Crippen molar-refractivity contribution in [2.75, 3.05) is 0 Å². The zero-order valence-corrected chi connectivity index (χ0v) is 5.89. The maximum Gasteiger partial charge on any atom is 0.372 e. The fraction of sp³-hybridized carbons (Fsp3) is 0.667. The van der Waals surface area contributed by atoms with Crippen molar-refractivity contribution in [1.82, 2.24) is 0 Å². The van der Waals surface area contributed by atoms with Crippen LogP contribution in [0.2, 0.25) is 0 Å². The number of aliphatic carboxylic acids is 1. The van der Waals surface area contributed by atoms with Crippen LogP contribution in [0.15, 0.2) is 0 Å². The first kappa shape index (κ1) is 11.8. The van der Waals surface area contributed by atoms with Gasteiger partial charge in [0, 0.05) is 6.42 Å². The molecule has 0 bridgehead atoms. The summed E-state index contributed by atoms with van der Waals surface area (Å²) in [7, 11) is 0. The standard InChI is InChI=1S/C6H10O3.H2O/c1-2-3-4-5(7)6(8)9;/h2-4H2,1H3,(H,8,9);1H2. The molecular weight excluding hydrogens is 136 g/mol. The second kappa shape index (κ2) is 6.22. The van der Waals surface area contributed by atoms with Crippen LogP contribution in [-0.4, -0.2) is 22.3 Å². The van der Waals surface area contributed by atoms with Gasteiger partial charge in [-0.15, -0.1) is 0 Å². The van der Waals surface area contributed by atoms with Crippen LogP contribution in [0.25, 0.3) is 0 Å². The highest BCUT2D eigenvalue weighted by Crippen LogP contribution is 1.94. The van der Waals surface area contributed by atoms with Gasteiger partial charge in [-0.2, -0.15) is 0 Å². The molecule has 10 heavy (non-hydrogen) atoms. The first-order chi connectivity index (χ1) is 4.18. The van der Waals surface area contributed by atoms with E-state index in [0.29, 0.717) is 6.42 Å². The molecule has 0 aliphatic heterocycles. The molecule has 0 saturated carbocycles. The van der Waals surface area contributed by atoms with E-state index in [4.69, 9.17) is 5.11 Å². The molecule has 0 unspecified atom stereocenters. The highest BCUT2D eigenvalue weighted by molar-refractivity contribution is 6.32. The SMILES string of the molecule is CCCCC(=O)C(=O)O.O. The maximum absolute atomic E-state index is 10.3. The van der Waals surface area contributed by atoms with Gasteiger partial charge in [-0.3, -0.25) is 4.79 Å². The van der Waals surface area contributed by atoms with Crippen molar-refractivity contribution in [3.8, 4) is 0 Å². The predicted octanol–water partition coefficient (Wildman–Crippen LogP) is 0.00560. The van der Waals surface area contributed by atoms with E-state index in [0.717, 1.165) is 6.42 Å². The van der Waals surface area contributed by atoms with Crippen molar-refractivity contribution < 1.29 is 20.2 Å². The van der Waals surface area contributed by atoms with Gasteiger partial charge in [-0.25, -0.2) is 4.79 Å². The summed E-state index contributed by atoms with van der Waals surface area (Å²) in [5.41, 5.74) is 0. The summed E-state index contributed by atoms with van der Waals surface area (Å²) in [4.78, 5) is 20.2. The van der Waals surface area contributed by atoms with Gasteiger partial charge in [0.25, 0.3) is 0 Å². The monoisotopic (exact) mass is 148 g/mol. The molecule has 0 aromatic heterocycles. The lowest BCUT2D eigenvalue weighted by molar-refractivity contribution is -0.149. The summed E-state index contributed by atoms with van der Waals surface area (Å²) in [6.07, 6.45) is 1.70. The first-order valence-corrected chi connectivity index (χ1v) is 2.94. The summed E-state index contributed by atoms with van der Waals surface area (Å²) in [5, 5.41) is 8.06. The van der Waals surface area contributed by atoms with E-state index >= 15 is 0 Å². The minimum absolute atomic E-state index is 0. The largest absolute Gasteiger partial charge is 0.476 e. The van der Waals surface area contributed by atoms with Crippen molar-refractivity contribution in [3.05, 3.63) is 0 Å². The van der Waals surface area contributed by atoms with Crippen molar-refractivity contribution in [3.63, 3.8) is 0 Å². The molecule has 0 aliphatic rings. The number of carboxylic acids is 1. The molecule has 3 N–H and O–H groups in total. The van der Waals surface area contributed by atoms with Crippen LogP contribution in [0.1, 0.15) is 26.2 Å². The fourth-order valence-electron chi connectivity index (χ4n) is 0.444. The Morgan fingerprint density at radius 2 is 1.90 bits per heavy atom. The van der Waals surface area contributed by atoms with Gasteiger partial charge in [0.2, 0.25) is 5.78 Å². The van der Waals surface area contributed by atoms with Crippen LogP contribution in [0, 0.1) is 0 Å². The minimum Gasteiger partial charge on any atom is -0.476 e. The molecule has 0 aromatic carbocycles. The molecule has 0 fully saturated rings. The molecule has 0 aliphatic carbocycles. The molecule has 4 nitrogen and oxygen atoms in total. The van der Waals surface area contributed by atoms with E-state index < -0.39 is 11.8 Å². The smallest absolute Gasteiger partial charge is 0.372 e. The van der Waals surface area contributed by atoms with Gasteiger partial charge in [-0.05, 0) is 6.42 Å².